The number of benzene rings is 3. The predicted molar refractivity (Wildman–Crippen MR) is 321 cm³/mol. The van der Waals surface area contributed by atoms with E-state index >= 15 is 0 Å². The Morgan fingerprint density at radius 2 is 0.543 bits per heavy atom. The fourth-order valence-corrected chi connectivity index (χ4v) is 2.89. The summed E-state index contributed by atoms with van der Waals surface area (Å²) in [6.45, 7) is 42.1. The van der Waals surface area contributed by atoms with Crippen molar-refractivity contribution in [1.82, 2.24) is 4.98 Å². The minimum absolute atomic E-state index is 0. The van der Waals surface area contributed by atoms with E-state index in [9.17, 15) is 0 Å². The topological polar surface area (TPSA) is 26.0 Å². The van der Waals surface area contributed by atoms with Gasteiger partial charge in [-0.15, -0.1) is 0 Å². The van der Waals surface area contributed by atoms with E-state index in [1.165, 1.54) is 16.3 Å². The predicted octanol–water partition coefficient (Wildman–Crippen LogP) is 24.3. The van der Waals surface area contributed by atoms with Gasteiger partial charge < -0.3 is 56.4 Å². The van der Waals surface area contributed by atoms with Gasteiger partial charge in [0.25, 0.3) is 0 Å². The van der Waals surface area contributed by atoms with Crippen LogP contribution in [0.2, 0.25) is 0 Å². The molecular formula is C60H122NORe4Rf2RhS-7. The number of aryl methyl sites for hydroxylation is 1. The summed E-state index contributed by atoms with van der Waals surface area (Å²) in [5.41, 5.74) is 1.32. The molecule has 3 aromatic carbocycles. The number of furan rings is 1. The van der Waals surface area contributed by atoms with Crippen molar-refractivity contribution >= 4 is 22.1 Å². The van der Waals surface area contributed by atoms with Crippen LogP contribution in [-0.2, 0) is 101 Å². The monoisotopic (exact) mass is 2290 g/mol. The van der Waals surface area contributed by atoms with Gasteiger partial charge in [-0.1, -0.05) is 263 Å². The van der Waals surface area contributed by atoms with Crippen LogP contribution in [0.25, 0.3) is 10.8 Å². The standard InChI is InChI=1S/C10H8.C7H8.C5H5N.C4H4O.C4H4S.10C2H6.3CH4.7CH3.4Re.2Rf.Rh/c1-2-6-10-8-4-3-7-9(10)5-1;1-7-5-3-2-4-6-7;1-2-4-6-5-3-1;2*1-2-4-5-3-1;10*1-2;;;;;;;;;;;;;;;;;/h1-8H;2-6H,1H3;1-5H;2*1-4H;10*1-2H3;3*1H4;7*1H3;;;;;;;/q;;;;;;;;;;;;;;;;;;7*-1;;;;;;;. The van der Waals surface area contributed by atoms with Crippen LogP contribution in [0.15, 0.2) is 161 Å². The average molecular weight is 2290 g/mol. The first-order valence-corrected chi connectivity index (χ1v) is 21.6. The Balaban J connectivity index is -0.0000000126. The SMILES string of the molecule is C.C.C.CC.CC.CC.CC.CC.CC.CC.CC.CC.CC.Cc1ccccc1.[CH3-].[CH3-].[CH3-].[CH3-].[CH3-].[CH3-].[CH3-].[Re].[Re].[Re].[Re].[Rf].[Rf].[Rh].c1ccc2ccccc2c1.c1ccncc1.c1ccoc1.c1ccsc1. The molecule has 0 bridgehead atoms. The maximum Gasteiger partial charge on any atom is 0.0902 e. The molecule has 3 aromatic heterocycles. The molecule has 0 spiro atoms. The number of fused-ring (bicyclic) bond motifs is 1. The Morgan fingerprint density at radius 3 is 0.657 bits per heavy atom. The van der Waals surface area contributed by atoms with Crippen molar-refractivity contribution in [2.75, 3.05) is 0 Å². The zero-order valence-electron chi connectivity index (χ0n) is 49.0. The molecule has 0 aliphatic heterocycles. The molecule has 427 valence electrons. The normalized spacial score (nSPS) is 4.99. The number of thiophene rings is 1. The fourth-order valence-electron chi connectivity index (χ4n) is 2.43. The maximum atomic E-state index is 4.58. The quantitative estimate of drug-likeness (QED) is 0.112. The van der Waals surface area contributed by atoms with Gasteiger partial charge in [0.15, 0.2) is 0 Å². The fraction of sp³-hybridized carbons (Fsp3) is 0.400. The van der Waals surface area contributed by atoms with Crippen molar-refractivity contribution < 1.29 is 106 Å². The molecule has 5 radical (unpaired) electrons. The summed E-state index contributed by atoms with van der Waals surface area (Å²) in [5, 5.41) is 6.70. The Kier molecular flexibility index (Phi) is 562. The van der Waals surface area contributed by atoms with Crippen LogP contribution < -0.4 is 0 Å². The summed E-state index contributed by atoms with van der Waals surface area (Å²) in [7, 11) is 0. The molecule has 0 saturated carbocycles. The third kappa shape index (κ3) is 175. The number of pyridine rings is 1. The second kappa shape index (κ2) is 227. The first-order valence-electron chi connectivity index (χ1n) is 20.6. The Labute approximate surface area is 509 Å². The summed E-state index contributed by atoms with van der Waals surface area (Å²) in [5.74, 6) is 0. The van der Waals surface area contributed by atoms with Crippen molar-refractivity contribution in [1.29, 1.82) is 0 Å². The maximum absolute atomic E-state index is 4.58. The van der Waals surface area contributed by atoms with E-state index in [2.05, 4.69) is 77.0 Å². The number of hydrogen-bond acceptors (Lipinski definition) is 3. The van der Waals surface area contributed by atoms with Gasteiger partial charge in [-0.05, 0) is 52.7 Å². The Bertz CT molecular complexity index is 1050. The van der Waals surface area contributed by atoms with Crippen LogP contribution in [0.5, 0.6) is 0 Å². The number of rotatable bonds is 0. The van der Waals surface area contributed by atoms with Crippen LogP contribution in [0.3, 0.4) is 0 Å². The third-order valence-electron chi connectivity index (χ3n) is 4.02. The van der Waals surface area contributed by atoms with Crippen LogP contribution in [-0.4, -0.2) is 4.98 Å². The van der Waals surface area contributed by atoms with E-state index in [0.717, 1.165) is 0 Å². The molecule has 6 aromatic rings. The zero-order chi connectivity index (χ0) is 43.2. The molecule has 2 nitrogen and oxygen atoms in total. The minimum Gasteiger partial charge on any atom is -0.473 e. The molecule has 6 rings (SSSR count). The second-order valence-corrected chi connectivity index (χ2v) is 7.43. The summed E-state index contributed by atoms with van der Waals surface area (Å²) < 4.78 is 4.58. The molecular weight excluding hydrogens is 2160 g/mol. The summed E-state index contributed by atoms with van der Waals surface area (Å²) in [6.07, 6.45) is 6.75. The van der Waals surface area contributed by atoms with Gasteiger partial charge in [0.2, 0.25) is 0 Å². The van der Waals surface area contributed by atoms with E-state index in [1.54, 1.807) is 36.3 Å². The van der Waals surface area contributed by atoms with Gasteiger partial charge in [-0.3, -0.25) is 4.98 Å². The van der Waals surface area contributed by atoms with Crippen LogP contribution >= 0.6 is 11.3 Å². The second-order valence-electron chi connectivity index (χ2n) is 6.61. The molecule has 10 heteroatoms. The van der Waals surface area contributed by atoms with Gasteiger partial charge >= 0.3 is 0 Å². The summed E-state index contributed by atoms with van der Waals surface area (Å²) >= 11 is 1.71. The number of nitrogens with zero attached hydrogens (tertiary/aromatic N) is 1. The van der Waals surface area contributed by atoms with Gasteiger partial charge in [0.05, 0.1) is 12.5 Å². The smallest absolute Gasteiger partial charge is 0.0902 e. The van der Waals surface area contributed by atoms with Crippen LogP contribution in [0.1, 0.15) is 166 Å². The molecule has 0 saturated heterocycles. The molecule has 0 fully saturated rings. The van der Waals surface area contributed by atoms with E-state index in [4.69, 9.17) is 0 Å². The van der Waals surface area contributed by atoms with Gasteiger partial charge in [0, 0.05) is 114 Å². The van der Waals surface area contributed by atoms with Crippen molar-refractivity contribution in [2.45, 2.75) is 168 Å². The van der Waals surface area contributed by atoms with E-state index in [0.29, 0.717) is 0 Å². The van der Waals surface area contributed by atoms with E-state index in [-0.39, 0.29) is 175 Å². The molecule has 0 N–H and O–H groups in total. The van der Waals surface area contributed by atoms with Gasteiger partial charge in [-0.2, -0.15) is 11.3 Å². The molecule has 70 heavy (non-hydrogen) atoms. The van der Waals surface area contributed by atoms with Gasteiger partial charge in [0.1, 0.15) is 0 Å². The molecule has 0 atom stereocenters. The van der Waals surface area contributed by atoms with Crippen molar-refractivity contribution in [2.24, 2.45) is 0 Å². The Morgan fingerprint density at radius 1 is 0.329 bits per heavy atom. The van der Waals surface area contributed by atoms with Crippen LogP contribution in [0, 0.1) is 58.9 Å². The van der Waals surface area contributed by atoms with Crippen molar-refractivity contribution in [3.63, 3.8) is 0 Å². The minimum atomic E-state index is 0. The largest absolute Gasteiger partial charge is 0.473 e. The summed E-state index contributed by atoms with van der Waals surface area (Å²) in [6, 6.07) is 40.4. The molecule has 0 aliphatic rings. The first kappa shape index (κ1) is 173. The van der Waals surface area contributed by atoms with E-state index in [1.807, 2.05) is 210 Å². The molecule has 0 amide bonds. The molecule has 0 aliphatic carbocycles. The van der Waals surface area contributed by atoms with Gasteiger partial charge in [-0.25, -0.2) is 0 Å². The van der Waals surface area contributed by atoms with Crippen molar-refractivity contribution in [3.8, 4) is 0 Å². The average Bonchev–Trinajstić information content (AvgIpc) is 4.11. The summed E-state index contributed by atoms with van der Waals surface area (Å²) in [4.78, 5) is 3.78. The Hall–Kier alpha value is -2.68. The first-order chi connectivity index (χ1) is 26.4. The van der Waals surface area contributed by atoms with Crippen molar-refractivity contribution in [3.05, 3.63) is 215 Å². The van der Waals surface area contributed by atoms with E-state index < -0.39 is 0 Å². The van der Waals surface area contributed by atoms with Crippen LogP contribution in [0.4, 0.5) is 0 Å². The third-order valence-corrected chi connectivity index (χ3v) is 4.64. The molecule has 0 unspecified atom stereocenters. The zero-order valence-corrected chi connectivity index (χ0v) is 75.2. The molecule has 3 heterocycles. The number of aromatic nitrogens is 1. The number of hydrogen-bond donors (Lipinski definition) is 0.